The third-order valence-electron chi connectivity index (χ3n) is 3.40. The maximum Gasteiger partial charge on any atom is 0.281 e. The topological polar surface area (TPSA) is 105 Å². The molecule has 146 valence electrons. The molecule has 0 heterocycles. The average Bonchev–Trinajstić information content (AvgIpc) is 2.65. The van der Waals surface area contributed by atoms with E-state index in [4.69, 9.17) is 5.21 Å². The second-order valence-electron chi connectivity index (χ2n) is 5.32. The first kappa shape index (κ1) is 21.1. The van der Waals surface area contributed by atoms with E-state index in [0.29, 0.717) is 0 Å². The Labute approximate surface area is 159 Å². The summed E-state index contributed by atoms with van der Waals surface area (Å²) >= 11 is 4.17. The minimum atomic E-state index is -3.79. The van der Waals surface area contributed by atoms with Crippen molar-refractivity contribution < 1.29 is 31.9 Å². The van der Waals surface area contributed by atoms with Gasteiger partial charge in [-0.05, 0) is 29.8 Å². The zero-order chi connectivity index (χ0) is 20.0. The first-order valence-electron chi connectivity index (χ1n) is 7.52. The molecule has 0 aliphatic rings. The Balaban J connectivity index is 2.08. The number of sulfonamides is 1. The molecule has 2 aromatic rings. The summed E-state index contributed by atoms with van der Waals surface area (Å²) in [6.07, 6.45) is 0. The fraction of sp³-hybridized carbons (Fsp3) is 0.188. The molecule has 11 heteroatoms. The van der Waals surface area contributed by atoms with Gasteiger partial charge in [0.25, 0.3) is 5.91 Å². The van der Waals surface area contributed by atoms with Crippen LogP contribution in [0.1, 0.15) is 10.8 Å². The molecule has 27 heavy (non-hydrogen) atoms. The van der Waals surface area contributed by atoms with E-state index in [2.05, 4.69) is 22.1 Å². The molecule has 3 N–H and O–H groups in total. The average molecular weight is 418 g/mol. The Hall–Kier alpha value is -2.21. The molecule has 2 aromatic carbocycles. The summed E-state index contributed by atoms with van der Waals surface area (Å²) in [6.45, 7) is -1.00. The number of amides is 1. The lowest BCUT2D eigenvalue weighted by molar-refractivity contribution is -0.131. The molecule has 0 fully saturated rings. The summed E-state index contributed by atoms with van der Waals surface area (Å²) < 4.78 is 59.4. The van der Waals surface area contributed by atoms with Crippen molar-refractivity contribution in [2.24, 2.45) is 0 Å². The summed E-state index contributed by atoms with van der Waals surface area (Å²) in [5.41, 5.74) is 1.33. The van der Waals surface area contributed by atoms with Crippen LogP contribution in [-0.2, 0) is 14.8 Å². The van der Waals surface area contributed by atoms with Gasteiger partial charge in [-0.25, -0.2) is 27.4 Å². The van der Waals surface area contributed by atoms with Gasteiger partial charge in [0.2, 0.25) is 10.0 Å². The van der Waals surface area contributed by atoms with Gasteiger partial charge in [-0.2, -0.15) is 12.6 Å². The maximum atomic E-state index is 14.0. The number of benzene rings is 2. The van der Waals surface area contributed by atoms with E-state index in [1.165, 1.54) is 17.6 Å². The van der Waals surface area contributed by atoms with Crippen LogP contribution in [0.3, 0.4) is 0 Å². The minimum Gasteiger partial charge on any atom is -0.478 e. The predicted molar refractivity (Wildman–Crippen MR) is 95.1 cm³/mol. The van der Waals surface area contributed by atoms with Crippen molar-refractivity contribution in [2.45, 2.75) is 10.1 Å². The molecule has 0 saturated carbocycles. The highest BCUT2D eigenvalue weighted by atomic mass is 32.2. The number of hydrogen-bond acceptors (Lipinski definition) is 6. The number of halogens is 2. The third-order valence-corrected chi connectivity index (χ3v) is 5.32. The van der Waals surface area contributed by atoms with Crippen LogP contribution < -0.4 is 14.9 Å². The molecule has 0 aromatic heterocycles. The van der Waals surface area contributed by atoms with Crippen LogP contribution in [-0.4, -0.2) is 32.7 Å². The van der Waals surface area contributed by atoms with Crippen molar-refractivity contribution >= 4 is 28.6 Å². The Morgan fingerprint density at radius 3 is 2.33 bits per heavy atom. The number of hydrogen-bond donors (Lipinski definition) is 4. The third kappa shape index (κ3) is 5.63. The van der Waals surface area contributed by atoms with Crippen molar-refractivity contribution in [2.75, 3.05) is 13.2 Å². The zero-order valence-corrected chi connectivity index (χ0v) is 15.4. The zero-order valence-electron chi connectivity index (χ0n) is 13.7. The fourth-order valence-corrected chi connectivity index (χ4v) is 3.50. The van der Waals surface area contributed by atoms with E-state index in [1.807, 2.05) is 0 Å². The van der Waals surface area contributed by atoms with E-state index in [9.17, 15) is 22.0 Å². The number of thiol groups is 1. The molecule has 1 amide bonds. The van der Waals surface area contributed by atoms with Crippen LogP contribution in [0.5, 0.6) is 5.75 Å². The number of carbonyl (C=O) groups excluding carboxylic acids is 1. The van der Waals surface area contributed by atoms with Crippen molar-refractivity contribution in [3.8, 4) is 5.75 Å². The molecule has 0 bridgehead atoms. The van der Waals surface area contributed by atoms with Gasteiger partial charge < -0.3 is 4.74 Å². The number of hydroxylamine groups is 1. The quantitative estimate of drug-likeness (QED) is 0.297. The molecule has 0 aliphatic carbocycles. The second kappa shape index (κ2) is 9.13. The monoisotopic (exact) mass is 418 g/mol. The van der Waals surface area contributed by atoms with Gasteiger partial charge in [0.1, 0.15) is 0 Å². The fourth-order valence-electron chi connectivity index (χ4n) is 2.07. The van der Waals surface area contributed by atoms with Gasteiger partial charge in [-0.15, -0.1) is 0 Å². The van der Waals surface area contributed by atoms with Crippen molar-refractivity contribution in [3.05, 3.63) is 59.7 Å². The SMILES string of the molecule is O=C(COc1c(F)cc(C(S)CNS(=O)(=O)c2ccccc2)cc1F)NO. The van der Waals surface area contributed by atoms with Gasteiger partial charge in [0.05, 0.1) is 4.90 Å². The van der Waals surface area contributed by atoms with E-state index in [-0.39, 0.29) is 17.0 Å². The summed E-state index contributed by atoms with van der Waals surface area (Å²) in [5, 5.41) is 7.50. The Morgan fingerprint density at radius 1 is 1.19 bits per heavy atom. The highest BCUT2D eigenvalue weighted by molar-refractivity contribution is 7.89. The highest BCUT2D eigenvalue weighted by Gasteiger charge is 2.20. The number of carbonyl (C=O) groups is 1. The summed E-state index contributed by atoms with van der Waals surface area (Å²) in [7, 11) is -3.79. The van der Waals surface area contributed by atoms with Gasteiger partial charge in [0, 0.05) is 11.8 Å². The van der Waals surface area contributed by atoms with E-state index >= 15 is 0 Å². The molecule has 2 rings (SSSR count). The maximum absolute atomic E-state index is 14.0. The Morgan fingerprint density at radius 2 is 1.78 bits per heavy atom. The van der Waals surface area contributed by atoms with Crippen LogP contribution in [0, 0.1) is 11.6 Å². The molecule has 1 unspecified atom stereocenters. The van der Waals surface area contributed by atoms with Crippen LogP contribution in [0.2, 0.25) is 0 Å². The van der Waals surface area contributed by atoms with Crippen LogP contribution in [0.15, 0.2) is 47.4 Å². The van der Waals surface area contributed by atoms with Gasteiger partial charge in [0.15, 0.2) is 24.0 Å². The lowest BCUT2D eigenvalue weighted by Gasteiger charge is -2.15. The highest BCUT2D eigenvalue weighted by Crippen LogP contribution is 2.28. The first-order valence-corrected chi connectivity index (χ1v) is 9.52. The predicted octanol–water partition coefficient (Wildman–Crippen LogP) is 1.80. The molecule has 0 saturated heterocycles. The lowest BCUT2D eigenvalue weighted by atomic mass is 10.1. The molecule has 0 radical (unpaired) electrons. The lowest BCUT2D eigenvalue weighted by Crippen LogP contribution is -2.27. The summed E-state index contributed by atoms with van der Waals surface area (Å²) in [5.74, 6) is -3.98. The van der Waals surface area contributed by atoms with Crippen LogP contribution in [0.25, 0.3) is 0 Å². The van der Waals surface area contributed by atoms with Gasteiger partial charge in [-0.1, -0.05) is 18.2 Å². The van der Waals surface area contributed by atoms with Crippen molar-refractivity contribution in [1.29, 1.82) is 0 Å². The standard InChI is InChI=1S/C16H16F2N2O5S2/c17-12-6-10(7-13(18)16(12)25-9-15(21)20-22)14(26)8-19-27(23,24)11-4-2-1-3-5-11/h1-7,14,19,22,26H,8-9H2,(H,20,21). The van der Waals surface area contributed by atoms with Crippen LogP contribution in [0.4, 0.5) is 8.78 Å². The summed E-state index contributed by atoms with van der Waals surface area (Å²) in [4.78, 5) is 10.9. The molecule has 1 atom stereocenters. The Bertz CT molecular complexity index is 887. The molecular weight excluding hydrogens is 402 g/mol. The number of rotatable bonds is 8. The normalized spacial score (nSPS) is 12.4. The first-order chi connectivity index (χ1) is 12.7. The number of ether oxygens (including phenoxy) is 1. The number of nitrogens with one attached hydrogen (secondary N) is 2. The van der Waals surface area contributed by atoms with Gasteiger partial charge >= 0.3 is 0 Å². The van der Waals surface area contributed by atoms with E-state index in [0.717, 1.165) is 12.1 Å². The minimum absolute atomic E-state index is 0.0498. The summed E-state index contributed by atoms with van der Waals surface area (Å²) in [6, 6.07) is 9.45. The molecule has 7 nitrogen and oxygen atoms in total. The van der Waals surface area contributed by atoms with E-state index < -0.39 is 45.2 Å². The molecular formula is C16H16F2N2O5S2. The molecule has 0 spiro atoms. The largest absolute Gasteiger partial charge is 0.478 e. The second-order valence-corrected chi connectivity index (χ2v) is 7.71. The van der Waals surface area contributed by atoms with Gasteiger partial charge in [-0.3, -0.25) is 10.0 Å². The van der Waals surface area contributed by atoms with Crippen molar-refractivity contribution in [1.82, 2.24) is 10.2 Å². The van der Waals surface area contributed by atoms with Crippen molar-refractivity contribution in [3.63, 3.8) is 0 Å². The van der Waals surface area contributed by atoms with Crippen LogP contribution >= 0.6 is 12.6 Å². The smallest absolute Gasteiger partial charge is 0.281 e. The molecule has 0 aliphatic heterocycles. The van der Waals surface area contributed by atoms with E-state index in [1.54, 1.807) is 18.2 Å². The Kier molecular flexibility index (Phi) is 7.13.